The zero-order chi connectivity index (χ0) is 23.2. The molecular formula is C27H25N3O3. The molecule has 0 fully saturated rings. The number of hydrogen-bond acceptors (Lipinski definition) is 4. The molecule has 0 radical (unpaired) electrons. The summed E-state index contributed by atoms with van der Waals surface area (Å²) < 4.78 is 0. The minimum atomic E-state index is -1.04. The van der Waals surface area contributed by atoms with Crippen molar-refractivity contribution >= 4 is 22.8 Å². The first-order valence-corrected chi connectivity index (χ1v) is 10.8. The van der Waals surface area contributed by atoms with Crippen LogP contribution in [0, 0.1) is 0 Å². The molecule has 4 aromatic rings. The number of aromatic nitrogens is 1. The highest BCUT2D eigenvalue weighted by molar-refractivity contribution is 5.94. The molecule has 6 nitrogen and oxygen atoms in total. The molecule has 33 heavy (non-hydrogen) atoms. The van der Waals surface area contributed by atoms with E-state index < -0.39 is 12.0 Å². The Bertz CT molecular complexity index is 1270. The van der Waals surface area contributed by atoms with Gasteiger partial charge in [0, 0.05) is 29.3 Å². The van der Waals surface area contributed by atoms with E-state index >= 15 is 0 Å². The lowest BCUT2D eigenvalue weighted by Crippen LogP contribution is -2.32. The maximum atomic E-state index is 12.4. The number of hydrogen-bond donors (Lipinski definition) is 3. The molecule has 4 N–H and O–H groups in total. The van der Waals surface area contributed by atoms with Crippen LogP contribution in [0.3, 0.4) is 0 Å². The summed E-state index contributed by atoms with van der Waals surface area (Å²) >= 11 is 0. The number of carbonyl (C=O) groups excluding carboxylic acids is 1. The number of benzene rings is 3. The number of pyridine rings is 1. The molecule has 1 heterocycles. The van der Waals surface area contributed by atoms with Crippen LogP contribution in [0.1, 0.15) is 21.5 Å². The van der Waals surface area contributed by atoms with Crippen molar-refractivity contribution in [3.63, 3.8) is 0 Å². The molecule has 1 aromatic heterocycles. The monoisotopic (exact) mass is 439 g/mol. The van der Waals surface area contributed by atoms with Crippen LogP contribution in [0.4, 0.5) is 0 Å². The summed E-state index contributed by atoms with van der Waals surface area (Å²) in [5, 5.41) is 12.9. The van der Waals surface area contributed by atoms with E-state index in [4.69, 9.17) is 10.8 Å². The number of carboxylic acids is 1. The molecule has 0 bridgehead atoms. The third-order valence-electron chi connectivity index (χ3n) is 5.57. The number of para-hydroxylation sites is 1. The number of nitrogens with two attached hydrogens (primary N) is 1. The molecule has 3 aromatic carbocycles. The van der Waals surface area contributed by atoms with Gasteiger partial charge in [0.1, 0.15) is 6.04 Å². The lowest BCUT2D eigenvalue weighted by atomic mass is 10.0. The standard InChI is InChI=1S/C27H25N3O3/c28-24(27(32)33)15-19-7-11-21(12-8-19)26(31)29-14-13-18-5-9-20(10-6-18)23-16-22-3-1-2-4-25(22)30-17-23/h1-12,16-17,24H,13-15,28H2,(H,29,31)(H,32,33)/t24-/m0/s1. The molecule has 0 saturated heterocycles. The van der Waals surface area contributed by atoms with Crippen LogP contribution in [0.2, 0.25) is 0 Å². The van der Waals surface area contributed by atoms with Crippen LogP contribution in [0.15, 0.2) is 85.1 Å². The van der Waals surface area contributed by atoms with Crippen molar-refractivity contribution in [3.8, 4) is 11.1 Å². The first-order valence-electron chi connectivity index (χ1n) is 10.8. The normalized spacial score (nSPS) is 11.8. The highest BCUT2D eigenvalue weighted by Gasteiger charge is 2.12. The second-order valence-corrected chi connectivity index (χ2v) is 7.97. The molecule has 166 valence electrons. The summed E-state index contributed by atoms with van der Waals surface area (Å²) in [6, 6.07) is 24.4. The summed E-state index contributed by atoms with van der Waals surface area (Å²) in [6.07, 6.45) is 2.83. The van der Waals surface area contributed by atoms with Crippen molar-refractivity contribution in [1.82, 2.24) is 10.3 Å². The van der Waals surface area contributed by atoms with Gasteiger partial charge in [-0.15, -0.1) is 0 Å². The number of fused-ring (bicyclic) bond motifs is 1. The number of carboxylic acid groups (broad SMARTS) is 1. The van der Waals surface area contributed by atoms with E-state index in [-0.39, 0.29) is 12.3 Å². The Hall–Kier alpha value is -4.03. The largest absolute Gasteiger partial charge is 0.480 e. The summed E-state index contributed by atoms with van der Waals surface area (Å²) in [5.74, 6) is -1.21. The minimum absolute atomic E-state index is 0.164. The number of amides is 1. The van der Waals surface area contributed by atoms with Crippen LogP contribution in [0.25, 0.3) is 22.0 Å². The van der Waals surface area contributed by atoms with Crippen LogP contribution < -0.4 is 11.1 Å². The van der Waals surface area contributed by atoms with E-state index in [1.807, 2.05) is 24.4 Å². The molecule has 6 heteroatoms. The van der Waals surface area contributed by atoms with E-state index in [9.17, 15) is 9.59 Å². The Kier molecular flexibility index (Phi) is 6.76. The van der Waals surface area contributed by atoms with Gasteiger partial charge in [-0.3, -0.25) is 14.6 Å². The fourth-order valence-electron chi connectivity index (χ4n) is 3.65. The second-order valence-electron chi connectivity index (χ2n) is 7.97. The lowest BCUT2D eigenvalue weighted by Gasteiger charge is -2.09. The fourth-order valence-corrected chi connectivity index (χ4v) is 3.65. The molecule has 1 amide bonds. The Morgan fingerprint density at radius 2 is 1.61 bits per heavy atom. The third kappa shape index (κ3) is 5.61. The van der Waals surface area contributed by atoms with Crippen LogP contribution in [-0.4, -0.2) is 34.6 Å². The van der Waals surface area contributed by atoms with E-state index in [1.165, 1.54) is 0 Å². The predicted octanol–water partition coefficient (Wildman–Crippen LogP) is 3.83. The zero-order valence-corrected chi connectivity index (χ0v) is 18.1. The average molecular weight is 440 g/mol. The van der Waals surface area contributed by atoms with Crippen LogP contribution >= 0.6 is 0 Å². The number of rotatable bonds is 8. The molecule has 0 saturated carbocycles. The highest BCUT2D eigenvalue weighted by atomic mass is 16.4. The van der Waals surface area contributed by atoms with Gasteiger partial charge in [-0.1, -0.05) is 54.6 Å². The van der Waals surface area contributed by atoms with Crippen molar-refractivity contribution < 1.29 is 14.7 Å². The maximum absolute atomic E-state index is 12.4. The Morgan fingerprint density at radius 3 is 2.33 bits per heavy atom. The van der Waals surface area contributed by atoms with Crippen molar-refractivity contribution in [1.29, 1.82) is 0 Å². The topological polar surface area (TPSA) is 105 Å². The number of carbonyl (C=O) groups is 2. The van der Waals surface area contributed by atoms with Gasteiger partial charge in [-0.25, -0.2) is 0 Å². The smallest absolute Gasteiger partial charge is 0.320 e. The average Bonchev–Trinajstić information content (AvgIpc) is 2.84. The maximum Gasteiger partial charge on any atom is 0.320 e. The van der Waals surface area contributed by atoms with Gasteiger partial charge in [-0.05, 0) is 53.8 Å². The summed E-state index contributed by atoms with van der Waals surface area (Å²) in [5.41, 5.74) is 11.1. The van der Waals surface area contributed by atoms with Gasteiger partial charge in [-0.2, -0.15) is 0 Å². The summed E-state index contributed by atoms with van der Waals surface area (Å²) in [7, 11) is 0. The quantitative estimate of drug-likeness (QED) is 0.387. The van der Waals surface area contributed by atoms with Gasteiger partial charge in [0.15, 0.2) is 0 Å². The van der Waals surface area contributed by atoms with Crippen molar-refractivity contribution in [2.45, 2.75) is 18.9 Å². The number of nitrogens with one attached hydrogen (secondary N) is 1. The Balaban J connectivity index is 1.30. The first kappa shape index (κ1) is 22.2. The van der Waals surface area contributed by atoms with E-state index in [1.54, 1.807) is 24.3 Å². The summed E-state index contributed by atoms with van der Waals surface area (Å²) in [6.45, 7) is 0.515. The molecule has 0 spiro atoms. The van der Waals surface area contributed by atoms with E-state index in [0.29, 0.717) is 18.5 Å². The van der Waals surface area contributed by atoms with Gasteiger partial charge in [0.25, 0.3) is 5.91 Å². The molecule has 0 aliphatic rings. The first-order chi connectivity index (χ1) is 16.0. The van der Waals surface area contributed by atoms with Crippen LogP contribution in [-0.2, 0) is 17.6 Å². The Labute approximate surface area is 192 Å². The third-order valence-corrected chi connectivity index (χ3v) is 5.57. The Morgan fingerprint density at radius 1 is 0.909 bits per heavy atom. The van der Waals surface area contributed by atoms with Crippen molar-refractivity contribution in [2.24, 2.45) is 5.73 Å². The van der Waals surface area contributed by atoms with Crippen LogP contribution in [0.5, 0.6) is 0 Å². The van der Waals surface area contributed by atoms with E-state index in [2.05, 4.69) is 46.7 Å². The molecule has 4 rings (SSSR count). The fraction of sp³-hybridized carbons (Fsp3) is 0.148. The lowest BCUT2D eigenvalue weighted by molar-refractivity contribution is -0.138. The van der Waals surface area contributed by atoms with Gasteiger partial charge < -0.3 is 16.2 Å². The van der Waals surface area contributed by atoms with Gasteiger partial charge >= 0.3 is 5.97 Å². The molecule has 0 aliphatic carbocycles. The summed E-state index contributed by atoms with van der Waals surface area (Å²) in [4.78, 5) is 27.8. The molecule has 0 aliphatic heterocycles. The van der Waals surface area contributed by atoms with Gasteiger partial charge in [0.05, 0.1) is 5.52 Å². The van der Waals surface area contributed by atoms with Gasteiger partial charge in [0.2, 0.25) is 0 Å². The molecule has 0 unspecified atom stereocenters. The highest BCUT2D eigenvalue weighted by Crippen LogP contribution is 2.23. The predicted molar refractivity (Wildman–Crippen MR) is 129 cm³/mol. The van der Waals surface area contributed by atoms with E-state index in [0.717, 1.165) is 33.2 Å². The molecular weight excluding hydrogens is 414 g/mol. The number of aliphatic carboxylic acids is 1. The van der Waals surface area contributed by atoms with Crippen molar-refractivity contribution in [3.05, 3.63) is 102 Å². The SMILES string of the molecule is N[C@@H](Cc1ccc(C(=O)NCCc2ccc(-c3cnc4ccccc4c3)cc2)cc1)C(=O)O. The second kappa shape index (κ2) is 10.1. The minimum Gasteiger partial charge on any atom is -0.480 e. The number of nitrogens with zero attached hydrogens (tertiary/aromatic N) is 1. The zero-order valence-electron chi connectivity index (χ0n) is 18.1. The van der Waals surface area contributed by atoms with Crippen molar-refractivity contribution in [2.75, 3.05) is 6.54 Å². The molecule has 1 atom stereocenters.